The molecule has 1 aliphatic heterocycles. The number of likely N-dealkylation sites (tertiary alicyclic amines) is 1. The lowest BCUT2D eigenvalue weighted by Crippen LogP contribution is -2.50. The van der Waals surface area contributed by atoms with Crippen molar-refractivity contribution in [3.63, 3.8) is 0 Å². The first-order valence-corrected chi connectivity index (χ1v) is 8.06. The predicted octanol–water partition coefficient (Wildman–Crippen LogP) is 3.06. The molecular formula is C16H32ClNO3. The van der Waals surface area contributed by atoms with E-state index in [1.165, 1.54) is 0 Å². The van der Waals surface area contributed by atoms with E-state index in [4.69, 9.17) is 11.6 Å². The maximum Gasteiger partial charge on any atom is 0.293 e. The van der Waals surface area contributed by atoms with E-state index < -0.39 is 0 Å². The quantitative estimate of drug-likeness (QED) is 0.641. The molecule has 126 valence electrons. The summed E-state index contributed by atoms with van der Waals surface area (Å²) in [6, 6.07) is 0. The zero-order valence-corrected chi connectivity index (χ0v) is 15.2. The standard InChI is InChI=1S/C11H22ClNO.C5H10O2/c1-10(2,3)13-6-4-11(8-12,9-14)5-7-13;1-5(2,3)7-4-6/h14H,4-9H2,1-3H3;4H,1-3H3. The summed E-state index contributed by atoms with van der Waals surface area (Å²) in [6.45, 7) is 15.0. The monoisotopic (exact) mass is 321 g/mol. The SMILES string of the molecule is CC(C)(C)N1CCC(CO)(CCl)CC1.CC(C)(C)OC=O. The third-order valence-corrected chi connectivity index (χ3v) is 4.36. The van der Waals surface area contributed by atoms with Crippen LogP contribution in [0.5, 0.6) is 0 Å². The van der Waals surface area contributed by atoms with Crippen molar-refractivity contribution in [3.05, 3.63) is 0 Å². The molecule has 21 heavy (non-hydrogen) atoms. The van der Waals surface area contributed by atoms with Crippen LogP contribution in [0, 0.1) is 5.41 Å². The fourth-order valence-corrected chi connectivity index (χ4v) is 2.48. The summed E-state index contributed by atoms with van der Waals surface area (Å²) in [7, 11) is 0. The van der Waals surface area contributed by atoms with Crippen LogP contribution in [0.1, 0.15) is 54.4 Å². The van der Waals surface area contributed by atoms with Gasteiger partial charge in [0.05, 0.1) is 0 Å². The molecule has 1 fully saturated rings. The van der Waals surface area contributed by atoms with E-state index in [1.807, 2.05) is 20.8 Å². The van der Waals surface area contributed by atoms with Gasteiger partial charge in [0.15, 0.2) is 0 Å². The van der Waals surface area contributed by atoms with E-state index in [1.54, 1.807) is 0 Å². The van der Waals surface area contributed by atoms with Gasteiger partial charge in [-0.3, -0.25) is 9.69 Å². The Bertz CT molecular complexity index is 294. The van der Waals surface area contributed by atoms with Crippen molar-refractivity contribution < 1.29 is 14.6 Å². The van der Waals surface area contributed by atoms with E-state index >= 15 is 0 Å². The van der Waals surface area contributed by atoms with Gasteiger partial charge in [-0.2, -0.15) is 0 Å². The number of carbonyl (C=O) groups excluding carboxylic acids is 1. The van der Waals surface area contributed by atoms with Crippen molar-refractivity contribution in [2.24, 2.45) is 5.41 Å². The number of aliphatic hydroxyl groups excluding tert-OH is 1. The number of ether oxygens (including phenoxy) is 1. The number of aliphatic hydroxyl groups is 1. The average molecular weight is 322 g/mol. The second kappa shape index (κ2) is 8.35. The van der Waals surface area contributed by atoms with Gasteiger partial charge in [0.25, 0.3) is 6.47 Å². The summed E-state index contributed by atoms with van der Waals surface area (Å²) in [5.41, 5.74) is -0.0843. The number of halogens is 1. The molecule has 0 aromatic rings. The van der Waals surface area contributed by atoms with Gasteiger partial charge in [0.2, 0.25) is 0 Å². The third-order valence-electron chi connectivity index (χ3n) is 3.79. The fraction of sp³-hybridized carbons (Fsp3) is 0.938. The maximum atomic E-state index is 9.60. The van der Waals surface area contributed by atoms with Crippen LogP contribution in [0.25, 0.3) is 0 Å². The number of nitrogens with zero attached hydrogens (tertiary/aromatic N) is 1. The Kier molecular flexibility index (Phi) is 8.22. The third kappa shape index (κ3) is 8.03. The van der Waals surface area contributed by atoms with Gasteiger partial charge in [0.1, 0.15) is 5.60 Å². The van der Waals surface area contributed by atoms with Crippen LogP contribution in [0.15, 0.2) is 0 Å². The number of hydrogen-bond acceptors (Lipinski definition) is 4. The molecule has 0 atom stereocenters. The first-order chi connectivity index (χ1) is 9.49. The number of carbonyl (C=O) groups is 1. The Morgan fingerprint density at radius 2 is 1.67 bits per heavy atom. The van der Waals surface area contributed by atoms with Crippen LogP contribution in [0.4, 0.5) is 0 Å². The molecule has 0 aromatic heterocycles. The summed E-state index contributed by atoms with van der Waals surface area (Å²) in [4.78, 5) is 12.1. The van der Waals surface area contributed by atoms with Crippen LogP contribution in [0.3, 0.4) is 0 Å². The van der Waals surface area contributed by atoms with Crippen LogP contribution in [0.2, 0.25) is 0 Å². The van der Waals surface area contributed by atoms with E-state index in [2.05, 4.69) is 30.4 Å². The van der Waals surface area contributed by atoms with Gasteiger partial charge in [0, 0.05) is 23.4 Å². The topological polar surface area (TPSA) is 49.8 Å². The molecule has 4 nitrogen and oxygen atoms in total. The highest BCUT2D eigenvalue weighted by atomic mass is 35.5. The van der Waals surface area contributed by atoms with Crippen LogP contribution in [-0.4, -0.2) is 53.2 Å². The molecule has 1 aliphatic rings. The second-order valence-corrected chi connectivity index (χ2v) is 8.04. The van der Waals surface area contributed by atoms with Crippen LogP contribution < -0.4 is 0 Å². The highest BCUT2D eigenvalue weighted by Gasteiger charge is 2.36. The van der Waals surface area contributed by atoms with Crippen LogP contribution >= 0.6 is 11.6 Å². The van der Waals surface area contributed by atoms with Crippen molar-refractivity contribution in [2.45, 2.75) is 65.5 Å². The van der Waals surface area contributed by atoms with Gasteiger partial charge in [-0.15, -0.1) is 11.6 Å². The first-order valence-electron chi connectivity index (χ1n) is 7.53. The molecule has 0 radical (unpaired) electrons. The van der Waals surface area contributed by atoms with E-state index in [-0.39, 0.29) is 23.2 Å². The molecule has 0 bridgehead atoms. The van der Waals surface area contributed by atoms with Crippen molar-refractivity contribution in [1.82, 2.24) is 4.90 Å². The van der Waals surface area contributed by atoms with Gasteiger partial charge in [-0.1, -0.05) is 0 Å². The summed E-state index contributed by atoms with van der Waals surface area (Å²) < 4.78 is 4.55. The van der Waals surface area contributed by atoms with Crippen molar-refractivity contribution in [1.29, 1.82) is 0 Å². The molecular weight excluding hydrogens is 290 g/mol. The molecule has 1 rings (SSSR count). The summed E-state index contributed by atoms with van der Waals surface area (Å²) in [5.74, 6) is 0.585. The van der Waals surface area contributed by atoms with Gasteiger partial charge < -0.3 is 9.84 Å². The molecule has 0 saturated carbocycles. The van der Waals surface area contributed by atoms with Crippen LogP contribution in [-0.2, 0) is 9.53 Å². The lowest BCUT2D eigenvalue weighted by Gasteiger charge is -2.45. The zero-order chi connectivity index (χ0) is 16.7. The fourth-order valence-electron chi connectivity index (χ4n) is 2.13. The maximum absolute atomic E-state index is 9.60. The zero-order valence-electron chi connectivity index (χ0n) is 14.4. The predicted molar refractivity (Wildman–Crippen MR) is 87.7 cm³/mol. The number of rotatable bonds is 3. The second-order valence-electron chi connectivity index (χ2n) is 7.78. The molecule has 0 unspecified atom stereocenters. The molecule has 1 saturated heterocycles. The Hall–Kier alpha value is -0.320. The largest absolute Gasteiger partial charge is 0.462 e. The lowest BCUT2D eigenvalue weighted by molar-refractivity contribution is -0.138. The van der Waals surface area contributed by atoms with Crippen molar-refractivity contribution >= 4 is 18.1 Å². The summed E-state index contributed by atoms with van der Waals surface area (Å²) in [6.07, 6.45) is 2.04. The minimum atomic E-state index is -0.318. The Labute approximate surface area is 134 Å². The normalized spacial score (nSPS) is 19.4. The molecule has 1 heterocycles. The highest BCUT2D eigenvalue weighted by molar-refractivity contribution is 6.18. The van der Waals surface area contributed by atoms with Gasteiger partial charge in [-0.25, -0.2) is 0 Å². The molecule has 0 aromatic carbocycles. The molecule has 5 heteroatoms. The first kappa shape index (κ1) is 20.7. The van der Waals surface area contributed by atoms with Crippen molar-refractivity contribution in [2.75, 3.05) is 25.6 Å². The smallest absolute Gasteiger partial charge is 0.293 e. The number of hydrogen-bond donors (Lipinski definition) is 1. The number of piperidine rings is 1. The number of alkyl halides is 1. The van der Waals surface area contributed by atoms with E-state index in [9.17, 15) is 9.90 Å². The minimum absolute atomic E-state index is 0.0106. The van der Waals surface area contributed by atoms with Crippen molar-refractivity contribution in [3.8, 4) is 0 Å². The van der Waals surface area contributed by atoms with E-state index in [0.717, 1.165) is 25.9 Å². The lowest BCUT2D eigenvalue weighted by atomic mass is 9.80. The molecule has 1 N–H and O–H groups in total. The summed E-state index contributed by atoms with van der Waals surface area (Å²) >= 11 is 5.92. The molecule has 0 amide bonds. The highest BCUT2D eigenvalue weighted by Crippen LogP contribution is 2.34. The summed E-state index contributed by atoms with van der Waals surface area (Å²) in [5, 5.41) is 9.33. The molecule has 0 aliphatic carbocycles. The minimum Gasteiger partial charge on any atom is -0.462 e. The molecule has 0 spiro atoms. The Morgan fingerprint density at radius 3 is 1.86 bits per heavy atom. The average Bonchev–Trinajstić information content (AvgIpc) is 2.37. The van der Waals surface area contributed by atoms with Gasteiger partial charge >= 0.3 is 0 Å². The van der Waals surface area contributed by atoms with Gasteiger partial charge in [-0.05, 0) is 67.5 Å². The Balaban J connectivity index is 0.000000486. The Morgan fingerprint density at radius 1 is 1.19 bits per heavy atom. The van der Waals surface area contributed by atoms with E-state index in [0.29, 0.717) is 12.4 Å².